The Bertz CT molecular complexity index is 376. The first-order valence-electron chi connectivity index (χ1n) is 5.64. The Hall–Kier alpha value is -1.08. The normalized spacial score (nSPS) is 19.5. The molecule has 0 radical (unpaired) electrons. The van der Waals surface area contributed by atoms with Gasteiger partial charge in [0.1, 0.15) is 5.82 Å². The Morgan fingerprint density at radius 1 is 1.71 bits per heavy atom. The van der Waals surface area contributed by atoms with Gasteiger partial charge in [0.2, 0.25) is 11.1 Å². The molecule has 0 bridgehead atoms. The molecule has 0 aliphatic carbocycles. The summed E-state index contributed by atoms with van der Waals surface area (Å²) in [4.78, 5) is 15.6. The molecule has 6 nitrogen and oxygen atoms in total. The number of amides is 1. The lowest BCUT2D eigenvalue weighted by Crippen LogP contribution is -2.32. The van der Waals surface area contributed by atoms with Gasteiger partial charge in [-0.2, -0.15) is 0 Å². The first-order chi connectivity index (χ1) is 8.24. The maximum atomic E-state index is 11.5. The average molecular weight is 256 g/mol. The van der Waals surface area contributed by atoms with E-state index in [1.54, 1.807) is 0 Å². The molecule has 1 fully saturated rings. The molecule has 2 rings (SSSR count). The van der Waals surface area contributed by atoms with Crippen LogP contribution in [0.25, 0.3) is 0 Å². The van der Waals surface area contributed by atoms with E-state index in [4.69, 9.17) is 4.74 Å². The maximum absolute atomic E-state index is 11.5. The molecule has 17 heavy (non-hydrogen) atoms. The topological polar surface area (TPSA) is 79.9 Å². The van der Waals surface area contributed by atoms with Crippen LogP contribution in [-0.4, -0.2) is 46.1 Å². The minimum atomic E-state index is -0.00652. The Morgan fingerprint density at radius 3 is 3.24 bits per heavy atom. The lowest BCUT2D eigenvalue weighted by Gasteiger charge is -2.09. The van der Waals surface area contributed by atoms with E-state index >= 15 is 0 Å². The number of aromatic amines is 1. The molecule has 0 spiro atoms. The highest BCUT2D eigenvalue weighted by Crippen LogP contribution is 2.12. The molecule has 1 amide bonds. The van der Waals surface area contributed by atoms with Crippen LogP contribution in [0.4, 0.5) is 0 Å². The number of nitrogens with zero attached hydrogens (tertiary/aromatic N) is 2. The Balaban J connectivity index is 1.63. The fourth-order valence-electron chi connectivity index (χ4n) is 1.60. The number of ether oxygens (including phenoxy) is 1. The Morgan fingerprint density at radius 2 is 2.59 bits per heavy atom. The third-order valence-electron chi connectivity index (χ3n) is 2.46. The first-order valence-corrected chi connectivity index (χ1v) is 6.62. The van der Waals surface area contributed by atoms with E-state index < -0.39 is 0 Å². The van der Waals surface area contributed by atoms with E-state index in [0.717, 1.165) is 25.3 Å². The number of carbonyl (C=O) groups excluding carboxylic acids is 1. The van der Waals surface area contributed by atoms with Gasteiger partial charge in [-0.3, -0.25) is 9.89 Å². The summed E-state index contributed by atoms with van der Waals surface area (Å²) < 4.78 is 5.42. The summed E-state index contributed by atoms with van der Waals surface area (Å²) in [5.41, 5.74) is 0. The van der Waals surface area contributed by atoms with Crippen LogP contribution in [-0.2, 0) is 9.53 Å². The number of H-pyrrole nitrogens is 1. The number of aryl methyl sites for hydroxylation is 1. The summed E-state index contributed by atoms with van der Waals surface area (Å²) >= 11 is 1.33. The van der Waals surface area contributed by atoms with Crippen molar-refractivity contribution in [2.45, 2.75) is 31.0 Å². The summed E-state index contributed by atoms with van der Waals surface area (Å²) in [5, 5.41) is 10.1. The number of hydrogen-bond acceptors (Lipinski definition) is 5. The van der Waals surface area contributed by atoms with Crippen molar-refractivity contribution in [1.82, 2.24) is 20.5 Å². The van der Waals surface area contributed by atoms with Crippen molar-refractivity contribution in [2.24, 2.45) is 0 Å². The molecule has 1 saturated heterocycles. The maximum Gasteiger partial charge on any atom is 0.230 e. The smallest absolute Gasteiger partial charge is 0.230 e. The molecule has 1 unspecified atom stereocenters. The van der Waals surface area contributed by atoms with Crippen molar-refractivity contribution < 1.29 is 9.53 Å². The fourth-order valence-corrected chi connectivity index (χ4v) is 2.27. The van der Waals surface area contributed by atoms with Gasteiger partial charge in [0.15, 0.2) is 0 Å². The fraction of sp³-hybridized carbons (Fsp3) is 0.700. The first kappa shape index (κ1) is 12.4. The van der Waals surface area contributed by atoms with Gasteiger partial charge in [0, 0.05) is 13.2 Å². The molecule has 1 aliphatic heterocycles. The number of aromatic nitrogens is 3. The molecular formula is C10H16N4O2S. The second kappa shape index (κ2) is 6.02. The summed E-state index contributed by atoms with van der Waals surface area (Å²) in [6.45, 7) is 3.24. The molecule has 94 valence electrons. The van der Waals surface area contributed by atoms with Crippen molar-refractivity contribution in [3.63, 3.8) is 0 Å². The van der Waals surface area contributed by atoms with Gasteiger partial charge in [-0.25, -0.2) is 4.98 Å². The van der Waals surface area contributed by atoms with Crippen molar-refractivity contribution in [2.75, 3.05) is 18.9 Å². The molecule has 1 aromatic heterocycles. The standard InChI is InChI=1S/C10H16N4O2S/c1-7-12-10(14-13-7)17-6-9(15)11-5-8-3-2-4-16-8/h8H,2-6H2,1H3,(H,11,15)(H,12,13,14). The van der Waals surface area contributed by atoms with Crippen LogP contribution in [0.1, 0.15) is 18.7 Å². The van der Waals surface area contributed by atoms with E-state index in [1.165, 1.54) is 11.8 Å². The van der Waals surface area contributed by atoms with Crippen molar-refractivity contribution in [1.29, 1.82) is 0 Å². The van der Waals surface area contributed by atoms with E-state index in [2.05, 4.69) is 20.5 Å². The minimum absolute atomic E-state index is 0.00652. The molecule has 7 heteroatoms. The number of nitrogens with one attached hydrogen (secondary N) is 2. The van der Waals surface area contributed by atoms with Gasteiger partial charge in [-0.05, 0) is 19.8 Å². The molecule has 1 atom stereocenters. The van der Waals surface area contributed by atoms with Crippen LogP contribution < -0.4 is 5.32 Å². The van der Waals surface area contributed by atoms with Crippen LogP contribution in [0.15, 0.2) is 5.16 Å². The third kappa shape index (κ3) is 4.01. The highest BCUT2D eigenvalue weighted by molar-refractivity contribution is 7.99. The van der Waals surface area contributed by atoms with E-state index in [-0.39, 0.29) is 12.0 Å². The molecule has 0 aromatic carbocycles. The van der Waals surface area contributed by atoms with Gasteiger partial charge in [-0.15, -0.1) is 5.10 Å². The summed E-state index contributed by atoms with van der Waals surface area (Å²) in [7, 11) is 0. The van der Waals surface area contributed by atoms with Gasteiger partial charge in [0.25, 0.3) is 0 Å². The number of thioether (sulfide) groups is 1. The molecule has 1 aromatic rings. The second-order valence-electron chi connectivity index (χ2n) is 3.93. The molecule has 2 heterocycles. The number of hydrogen-bond donors (Lipinski definition) is 2. The number of rotatable bonds is 5. The molecule has 0 saturated carbocycles. The van der Waals surface area contributed by atoms with Crippen LogP contribution in [0, 0.1) is 6.92 Å². The highest BCUT2D eigenvalue weighted by atomic mass is 32.2. The summed E-state index contributed by atoms with van der Waals surface area (Å²) in [5.74, 6) is 1.09. The lowest BCUT2D eigenvalue weighted by molar-refractivity contribution is -0.119. The van der Waals surface area contributed by atoms with Crippen LogP contribution in [0.5, 0.6) is 0 Å². The quantitative estimate of drug-likeness (QED) is 0.750. The number of carbonyl (C=O) groups is 1. The predicted octanol–water partition coefficient (Wildman–Crippen LogP) is 0.500. The van der Waals surface area contributed by atoms with Crippen molar-refractivity contribution in [3.05, 3.63) is 5.82 Å². The zero-order valence-electron chi connectivity index (χ0n) is 9.73. The lowest BCUT2D eigenvalue weighted by atomic mass is 10.2. The second-order valence-corrected chi connectivity index (χ2v) is 4.87. The van der Waals surface area contributed by atoms with Crippen molar-refractivity contribution in [3.8, 4) is 0 Å². The van der Waals surface area contributed by atoms with Gasteiger partial charge in [0.05, 0.1) is 11.9 Å². The van der Waals surface area contributed by atoms with Gasteiger partial charge >= 0.3 is 0 Å². The average Bonchev–Trinajstić information content (AvgIpc) is 2.95. The summed E-state index contributed by atoms with van der Waals surface area (Å²) in [6, 6.07) is 0. The largest absolute Gasteiger partial charge is 0.376 e. The van der Waals surface area contributed by atoms with Gasteiger partial charge < -0.3 is 10.1 Å². The van der Waals surface area contributed by atoms with Crippen LogP contribution in [0.2, 0.25) is 0 Å². The predicted molar refractivity (Wildman–Crippen MR) is 63.8 cm³/mol. The zero-order valence-corrected chi connectivity index (χ0v) is 10.5. The molecule has 2 N–H and O–H groups in total. The highest BCUT2D eigenvalue weighted by Gasteiger charge is 2.16. The summed E-state index contributed by atoms with van der Waals surface area (Å²) in [6.07, 6.45) is 2.31. The van der Waals surface area contributed by atoms with Crippen molar-refractivity contribution >= 4 is 17.7 Å². The Kier molecular flexibility index (Phi) is 4.38. The molecular weight excluding hydrogens is 240 g/mol. The van der Waals surface area contributed by atoms with Crippen LogP contribution in [0.3, 0.4) is 0 Å². The van der Waals surface area contributed by atoms with E-state index in [1.807, 2.05) is 6.92 Å². The Labute approximate surface area is 104 Å². The van der Waals surface area contributed by atoms with Crippen LogP contribution >= 0.6 is 11.8 Å². The zero-order chi connectivity index (χ0) is 12.1. The molecule has 1 aliphatic rings. The third-order valence-corrected chi connectivity index (χ3v) is 3.31. The monoisotopic (exact) mass is 256 g/mol. The van der Waals surface area contributed by atoms with E-state index in [9.17, 15) is 4.79 Å². The SMILES string of the molecule is Cc1nc(SCC(=O)NCC2CCCO2)n[nH]1. The minimum Gasteiger partial charge on any atom is -0.376 e. The van der Waals surface area contributed by atoms with Gasteiger partial charge in [-0.1, -0.05) is 11.8 Å². The van der Waals surface area contributed by atoms with E-state index in [0.29, 0.717) is 17.5 Å².